The zero-order valence-corrected chi connectivity index (χ0v) is 13.7. The first-order valence-corrected chi connectivity index (χ1v) is 7.90. The van der Waals surface area contributed by atoms with Gasteiger partial charge in [0.1, 0.15) is 0 Å². The minimum atomic E-state index is 0. The smallest absolute Gasteiger partial charge is 0.220 e. The molecule has 2 aliphatic heterocycles. The van der Waals surface area contributed by atoms with Gasteiger partial charge in [0.05, 0.1) is 0 Å². The van der Waals surface area contributed by atoms with Crippen LogP contribution in [0.15, 0.2) is 0 Å². The molecule has 5 nitrogen and oxygen atoms in total. The molecule has 21 heavy (non-hydrogen) atoms. The van der Waals surface area contributed by atoms with Gasteiger partial charge >= 0.3 is 0 Å². The topological polar surface area (TPSA) is 61.4 Å². The maximum absolute atomic E-state index is 11.9. The fourth-order valence-electron chi connectivity index (χ4n) is 3.15. The number of rotatable bonds is 4. The molecule has 0 aromatic carbocycles. The molecular formula is C15H28ClN3O2. The fourth-order valence-corrected chi connectivity index (χ4v) is 3.15. The van der Waals surface area contributed by atoms with Crippen molar-refractivity contribution in [2.45, 2.75) is 51.5 Å². The number of amides is 2. The van der Waals surface area contributed by atoms with Crippen molar-refractivity contribution in [3.8, 4) is 0 Å². The standard InChI is InChI=1S/C15H27N3O2.ClH/c1-12(19)18-9-6-13(7-10-18)4-5-15(20)17-14-3-2-8-16-11-14;/h13-14,16H,2-11H2,1H3,(H,17,20);1H/t14-;/m0./s1. The van der Waals surface area contributed by atoms with E-state index in [-0.39, 0.29) is 24.2 Å². The van der Waals surface area contributed by atoms with E-state index in [0.717, 1.165) is 58.3 Å². The number of hydrogen-bond acceptors (Lipinski definition) is 3. The van der Waals surface area contributed by atoms with Crippen molar-refractivity contribution in [2.75, 3.05) is 26.2 Å². The first-order chi connectivity index (χ1) is 9.65. The van der Waals surface area contributed by atoms with E-state index in [1.165, 1.54) is 0 Å². The lowest BCUT2D eigenvalue weighted by molar-refractivity contribution is -0.130. The van der Waals surface area contributed by atoms with Crippen molar-refractivity contribution in [3.63, 3.8) is 0 Å². The van der Waals surface area contributed by atoms with Gasteiger partial charge in [0.2, 0.25) is 11.8 Å². The van der Waals surface area contributed by atoms with Gasteiger partial charge in [0, 0.05) is 39.0 Å². The second-order valence-corrected chi connectivity index (χ2v) is 6.10. The summed E-state index contributed by atoms with van der Waals surface area (Å²) in [7, 11) is 0. The molecule has 2 amide bonds. The van der Waals surface area contributed by atoms with Crippen molar-refractivity contribution in [1.82, 2.24) is 15.5 Å². The van der Waals surface area contributed by atoms with Crippen LogP contribution in [0.5, 0.6) is 0 Å². The van der Waals surface area contributed by atoms with Crippen molar-refractivity contribution in [1.29, 1.82) is 0 Å². The molecule has 1 atom stereocenters. The van der Waals surface area contributed by atoms with Crippen LogP contribution in [-0.2, 0) is 9.59 Å². The van der Waals surface area contributed by atoms with Gasteiger partial charge in [-0.25, -0.2) is 0 Å². The summed E-state index contributed by atoms with van der Waals surface area (Å²) in [6.45, 7) is 5.32. The van der Waals surface area contributed by atoms with Crippen LogP contribution in [0.4, 0.5) is 0 Å². The van der Waals surface area contributed by atoms with Crippen molar-refractivity contribution in [3.05, 3.63) is 0 Å². The molecule has 2 fully saturated rings. The van der Waals surface area contributed by atoms with Crippen LogP contribution in [0, 0.1) is 5.92 Å². The average molecular weight is 318 g/mol. The zero-order valence-electron chi connectivity index (χ0n) is 12.9. The molecule has 2 N–H and O–H groups in total. The summed E-state index contributed by atoms with van der Waals surface area (Å²) < 4.78 is 0. The van der Waals surface area contributed by atoms with Crippen LogP contribution in [0.1, 0.15) is 45.4 Å². The summed E-state index contributed by atoms with van der Waals surface area (Å²) in [5, 5.41) is 6.43. The van der Waals surface area contributed by atoms with E-state index in [1.54, 1.807) is 6.92 Å². The van der Waals surface area contributed by atoms with Crippen LogP contribution in [0.3, 0.4) is 0 Å². The summed E-state index contributed by atoms with van der Waals surface area (Å²) in [4.78, 5) is 25.1. The first-order valence-electron chi connectivity index (χ1n) is 7.90. The SMILES string of the molecule is CC(=O)N1CCC(CCC(=O)N[C@H]2CCCNC2)CC1.Cl. The van der Waals surface area contributed by atoms with E-state index in [2.05, 4.69) is 10.6 Å². The van der Waals surface area contributed by atoms with Gasteiger partial charge in [-0.15, -0.1) is 12.4 Å². The number of nitrogens with zero attached hydrogens (tertiary/aromatic N) is 1. The van der Waals surface area contributed by atoms with Crippen molar-refractivity contribution in [2.24, 2.45) is 5.92 Å². The number of nitrogens with one attached hydrogen (secondary N) is 2. The third-order valence-corrected chi connectivity index (χ3v) is 4.50. The number of carbonyl (C=O) groups is 2. The Morgan fingerprint density at radius 1 is 1.24 bits per heavy atom. The lowest BCUT2D eigenvalue weighted by Crippen LogP contribution is -2.45. The Morgan fingerprint density at radius 2 is 1.95 bits per heavy atom. The maximum atomic E-state index is 11.9. The molecule has 0 bridgehead atoms. The largest absolute Gasteiger partial charge is 0.352 e. The highest BCUT2D eigenvalue weighted by atomic mass is 35.5. The monoisotopic (exact) mass is 317 g/mol. The molecule has 0 aromatic rings. The number of likely N-dealkylation sites (tertiary alicyclic amines) is 1. The Kier molecular flexibility index (Phi) is 8.04. The molecule has 0 radical (unpaired) electrons. The fraction of sp³-hybridized carbons (Fsp3) is 0.867. The van der Waals surface area contributed by atoms with E-state index in [9.17, 15) is 9.59 Å². The van der Waals surface area contributed by atoms with Crippen molar-refractivity contribution >= 4 is 24.2 Å². The van der Waals surface area contributed by atoms with Gasteiger partial charge in [-0.1, -0.05) is 0 Å². The predicted molar refractivity (Wildman–Crippen MR) is 85.5 cm³/mol. The maximum Gasteiger partial charge on any atom is 0.220 e. The van der Waals surface area contributed by atoms with Gasteiger partial charge in [-0.3, -0.25) is 9.59 Å². The molecule has 0 saturated carbocycles. The van der Waals surface area contributed by atoms with Crippen molar-refractivity contribution < 1.29 is 9.59 Å². The van der Waals surface area contributed by atoms with E-state index >= 15 is 0 Å². The molecule has 2 rings (SSSR count). The van der Waals surface area contributed by atoms with Crippen LogP contribution in [-0.4, -0.2) is 48.9 Å². The number of halogens is 1. The Bertz CT molecular complexity index is 338. The van der Waals surface area contributed by atoms with Gasteiger partial charge in [0.15, 0.2) is 0 Å². The summed E-state index contributed by atoms with van der Waals surface area (Å²) in [6.07, 6.45) is 5.90. The lowest BCUT2D eigenvalue weighted by atomic mass is 9.92. The summed E-state index contributed by atoms with van der Waals surface area (Å²) in [5.74, 6) is 0.958. The van der Waals surface area contributed by atoms with Crippen LogP contribution < -0.4 is 10.6 Å². The summed E-state index contributed by atoms with van der Waals surface area (Å²) in [6, 6.07) is 0.316. The molecule has 0 spiro atoms. The number of piperidine rings is 2. The van der Waals surface area contributed by atoms with E-state index < -0.39 is 0 Å². The predicted octanol–water partition coefficient (Wildman–Crippen LogP) is 1.32. The second kappa shape index (κ2) is 9.26. The molecule has 6 heteroatoms. The zero-order chi connectivity index (χ0) is 14.4. The molecule has 2 heterocycles. The lowest BCUT2D eigenvalue weighted by Gasteiger charge is -2.31. The highest BCUT2D eigenvalue weighted by molar-refractivity contribution is 5.85. The number of carbonyl (C=O) groups excluding carboxylic acids is 2. The molecule has 0 aromatic heterocycles. The van der Waals surface area contributed by atoms with E-state index in [0.29, 0.717) is 18.4 Å². The highest BCUT2D eigenvalue weighted by Gasteiger charge is 2.22. The Hall–Kier alpha value is -0.810. The Morgan fingerprint density at radius 3 is 2.52 bits per heavy atom. The second-order valence-electron chi connectivity index (χ2n) is 6.10. The number of hydrogen-bond donors (Lipinski definition) is 2. The highest BCUT2D eigenvalue weighted by Crippen LogP contribution is 2.21. The van der Waals surface area contributed by atoms with E-state index in [4.69, 9.17) is 0 Å². The molecule has 0 aliphatic carbocycles. The minimum Gasteiger partial charge on any atom is -0.352 e. The van der Waals surface area contributed by atoms with Gasteiger partial charge < -0.3 is 15.5 Å². The van der Waals surface area contributed by atoms with Gasteiger partial charge in [-0.05, 0) is 44.6 Å². The summed E-state index contributed by atoms with van der Waals surface area (Å²) >= 11 is 0. The van der Waals surface area contributed by atoms with Crippen LogP contribution in [0.25, 0.3) is 0 Å². The summed E-state index contributed by atoms with van der Waals surface area (Å²) in [5.41, 5.74) is 0. The van der Waals surface area contributed by atoms with Gasteiger partial charge in [-0.2, -0.15) is 0 Å². The molecular weight excluding hydrogens is 290 g/mol. The quantitative estimate of drug-likeness (QED) is 0.822. The van der Waals surface area contributed by atoms with Crippen LogP contribution >= 0.6 is 12.4 Å². The average Bonchev–Trinajstić information content (AvgIpc) is 2.46. The Labute approximate surface area is 133 Å². The first kappa shape index (κ1) is 18.2. The third-order valence-electron chi connectivity index (χ3n) is 4.50. The minimum absolute atomic E-state index is 0. The molecule has 2 saturated heterocycles. The third kappa shape index (κ3) is 6.22. The molecule has 122 valence electrons. The Balaban J connectivity index is 0.00000220. The van der Waals surface area contributed by atoms with Gasteiger partial charge in [0.25, 0.3) is 0 Å². The van der Waals surface area contributed by atoms with E-state index in [1.807, 2.05) is 4.90 Å². The molecule has 0 unspecified atom stereocenters. The normalized spacial score (nSPS) is 23.3. The molecule has 2 aliphatic rings. The van der Waals surface area contributed by atoms with Crippen LogP contribution in [0.2, 0.25) is 0 Å².